The van der Waals surface area contributed by atoms with E-state index in [0.29, 0.717) is 5.75 Å². The second-order valence-electron chi connectivity index (χ2n) is 2.74. The molecule has 13 heavy (non-hydrogen) atoms. The lowest BCUT2D eigenvalue weighted by Gasteiger charge is -2.04. The van der Waals surface area contributed by atoms with Gasteiger partial charge in [0.1, 0.15) is 11.3 Å². The molecule has 1 aromatic carbocycles. The lowest BCUT2D eigenvalue weighted by Crippen LogP contribution is -2.01. The molecule has 0 fully saturated rings. The minimum Gasteiger partial charge on any atom is -0.537 e. The van der Waals surface area contributed by atoms with Crippen molar-refractivity contribution in [2.75, 3.05) is 0 Å². The molecule has 0 bridgehead atoms. The number of hydrogen-bond acceptors (Lipinski definition) is 3. The summed E-state index contributed by atoms with van der Waals surface area (Å²) in [4.78, 5) is 0. The fourth-order valence-corrected chi connectivity index (χ4v) is 1.38. The van der Waals surface area contributed by atoms with Crippen LogP contribution < -0.4 is 4.65 Å². The number of aryl methyl sites for hydroxylation is 1. The van der Waals surface area contributed by atoms with Crippen LogP contribution >= 0.6 is 0 Å². The summed E-state index contributed by atoms with van der Waals surface area (Å²) >= 11 is 0. The minimum absolute atomic E-state index is 0.315. The second-order valence-corrected chi connectivity index (χ2v) is 2.74. The van der Waals surface area contributed by atoms with Crippen molar-refractivity contribution in [3.05, 3.63) is 24.4 Å². The van der Waals surface area contributed by atoms with Crippen LogP contribution in [0.1, 0.15) is 0 Å². The summed E-state index contributed by atoms with van der Waals surface area (Å²) in [6, 6.07) is 5.63. The van der Waals surface area contributed by atoms with Crippen LogP contribution in [0.4, 0.5) is 0 Å². The Hall–Kier alpha value is -1.49. The minimum atomic E-state index is -0.315. The molecule has 0 aliphatic carbocycles. The number of nitrogens with zero attached hydrogens (tertiary/aromatic N) is 2. The highest BCUT2D eigenvalue weighted by atomic mass is 16.5. The third-order valence-corrected chi connectivity index (χ3v) is 1.94. The summed E-state index contributed by atoms with van der Waals surface area (Å²) < 4.78 is 6.78. The maximum atomic E-state index is 8.66. The maximum Gasteiger partial charge on any atom is 0.504 e. The average Bonchev–Trinajstić information content (AvgIpc) is 2.50. The van der Waals surface area contributed by atoms with Gasteiger partial charge in [-0.25, -0.2) is 0 Å². The van der Waals surface area contributed by atoms with Gasteiger partial charge in [-0.3, -0.25) is 4.68 Å². The predicted octanol–water partition coefficient (Wildman–Crippen LogP) is 0.211. The van der Waals surface area contributed by atoms with Gasteiger partial charge < -0.3 is 9.68 Å². The Morgan fingerprint density at radius 3 is 3.15 bits per heavy atom. The monoisotopic (exact) mass is 176 g/mol. The summed E-state index contributed by atoms with van der Waals surface area (Å²) in [6.07, 6.45) is 1.76. The Kier molecular flexibility index (Phi) is 1.94. The smallest absolute Gasteiger partial charge is 0.504 e. The molecule has 0 saturated heterocycles. The summed E-state index contributed by atoms with van der Waals surface area (Å²) in [6.45, 7) is 0. The standard InChI is InChI=1S/C8H9BN2O2/c1-11-8-6(5-10-11)3-2-4-7(8)13-9-12/h2-5,9,12H,1H3. The number of rotatable bonds is 2. The Morgan fingerprint density at radius 1 is 1.54 bits per heavy atom. The maximum absolute atomic E-state index is 8.66. The lowest BCUT2D eigenvalue weighted by atomic mass is 10.2. The highest BCUT2D eigenvalue weighted by Crippen LogP contribution is 2.23. The Labute approximate surface area is 76.1 Å². The van der Waals surface area contributed by atoms with Gasteiger partial charge in [-0.2, -0.15) is 5.10 Å². The van der Waals surface area contributed by atoms with Gasteiger partial charge in [0.2, 0.25) is 0 Å². The van der Waals surface area contributed by atoms with E-state index >= 15 is 0 Å². The molecule has 0 unspecified atom stereocenters. The van der Waals surface area contributed by atoms with E-state index in [1.165, 1.54) is 0 Å². The van der Waals surface area contributed by atoms with Crippen molar-refractivity contribution >= 4 is 18.6 Å². The van der Waals surface area contributed by atoms with E-state index in [1.54, 1.807) is 16.9 Å². The summed E-state index contributed by atoms with van der Waals surface area (Å²) in [5, 5.41) is 13.8. The zero-order chi connectivity index (χ0) is 9.26. The predicted molar refractivity (Wildman–Crippen MR) is 50.7 cm³/mol. The number of benzene rings is 1. The van der Waals surface area contributed by atoms with E-state index in [4.69, 9.17) is 9.68 Å². The van der Waals surface area contributed by atoms with Gasteiger partial charge in [0.15, 0.2) is 0 Å². The van der Waals surface area contributed by atoms with E-state index < -0.39 is 0 Å². The molecule has 0 atom stereocenters. The van der Waals surface area contributed by atoms with Crippen molar-refractivity contribution in [2.24, 2.45) is 7.05 Å². The van der Waals surface area contributed by atoms with Crippen LogP contribution in [0.3, 0.4) is 0 Å². The summed E-state index contributed by atoms with van der Waals surface area (Å²) in [5.41, 5.74) is 0.900. The van der Waals surface area contributed by atoms with Gasteiger partial charge in [0.25, 0.3) is 0 Å². The number of aromatic nitrogens is 2. The zero-order valence-corrected chi connectivity index (χ0v) is 7.27. The van der Waals surface area contributed by atoms with E-state index in [-0.39, 0.29) is 7.69 Å². The van der Waals surface area contributed by atoms with Gasteiger partial charge in [-0.15, -0.1) is 0 Å². The molecule has 0 aliphatic rings. The molecule has 2 aromatic rings. The Morgan fingerprint density at radius 2 is 2.38 bits per heavy atom. The Bertz CT molecular complexity index is 427. The molecule has 0 spiro atoms. The highest BCUT2D eigenvalue weighted by Gasteiger charge is 2.05. The number of fused-ring (bicyclic) bond motifs is 1. The molecule has 1 heterocycles. The molecular weight excluding hydrogens is 167 g/mol. The van der Waals surface area contributed by atoms with E-state index in [9.17, 15) is 0 Å². The van der Waals surface area contributed by atoms with Gasteiger partial charge in [-0.05, 0) is 6.07 Å². The van der Waals surface area contributed by atoms with Crippen molar-refractivity contribution in [3.8, 4) is 5.75 Å². The average molecular weight is 176 g/mol. The number of hydrogen-bond donors (Lipinski definition) is 1. The molecule has 66 valence electrons. The summed E-state index contributed by atoms with van der Waals surface area (Å²) in [7, 11) is 1.52. The third-order valence-electron chi connectivity index (χ3n) is 1.94. The van der Waals surface area contributed by atoms with Crippen LogP contribution in [-0.2, 0) is 7.05 Å². The van der Waals surface area contributed by atoms with Crippen LogP contribution in [-0.4, -0.2) is 22.5 Å². The topological polar surface area (TPSA) is 47.3 Å². The third kappa shape index (κ3) is 1.27. The molecule has 1 aromatic heterocycles. The SMILES string of the molecule is Cn1ncc2cccc(OBO)c21. The van der Waals surface area contributed by atoms with Gasteiger partial charge in [-0.1, -0.05) is 12.1 Å². The van der Waals surface area contributed by atoms with E-state index in [0.717, 1.165) is 10.9 Å². The van der Waals surface area contributed by atoms with Crippen molar-refractivity contribution in [3.63, 3.8) is 0 Å². The largest absolute Gasteiger partial charge is 0.537 e. The molecule has 0 radical (unpaired) electrons. The molecule has 1 N–H and O–H groups in total. The second kappa shape index (κ2) is 3.10. The van der Waals surface area contributed by atoms with Crippen LogP contribution in [0.15, 0.2) is 24.4 Å². The fourth-order valence-electron chi connectivity index (χ4n) is 1.38. The Balaban J connectivity index is 2.65. The van der Waals surface area contributed by atoms with E-state index in [1.807, 2.05) is 19.2 Å². The molecule has 4 nitrogen and oxygen atoms in total. The van der Waals surface area contributed by atoms with Crippen molar-refractivity contribution in [1.29, 1.82) is 0 Å². The van der Waals surface area contributed by atoms with E-state index in [2.05, 4.69) is 5.10 Å². The molecule has 0 saturated carbocycles. The molecular formula is C8H9BN2O2. The van der Waals surface area contributed by atoms with Crippen molar-refractivity contribution in [1.82, 2.24) is 9.78 Å². The van der Waals surface area contributed by atoms with Crippen LogP contribution in [0.2, 0.25) is 0 Å². The molecule has 0 aliphatic heterocycles. The summed E-state index contributed by atoms with van der Waals surface area (Å²) in [5.74, 6) is 0.653. The van der Waals surface area contributed by atoms with Crippen molar-refractivity contribution < 1.29 is 9.68 Å². The lowest BCUT2D eigenvalue weighted by molar-refractivity contribution is 0.455. The first-order chi connectivity index (χ1) is 6.33. The van der Waals surface area contributed by atoms with Crippen LogP contribution in [0.5, 0.6) is 5.75 Å². The first-order valence-corrected chi connectivity index (χ1v) is 3.97. The van der Waals surface area contributed by atoms with Gasteiger partial charge in [0, 0.05) is 12.4 Å². The first kappa shape index (κ1) is 8.13. The fraction of sp³-hybridized carbons (Fsp3) is 0.125. The molecule has 2 rings (SSSR count). The van der Waals surface area contributed by atoms with Crippen LogP contribution in [0, 0.1) is 0 Å². The van der Waals surface area contributed by atoms with Gasteiger partial charge in [0.05, 0.1) is 6.20 Å². The first-order valence-electron chi connectivity index (χ1n) is 3.97. The number of para-hydroxylation sites is 1. The van der Waals surface area contributed by atoms with Crippen molar-refractivity contribution in [2.45, 2.75) is 0 Å². The normalized spacial score (nSPS) is 10.3. The molecule has 5 heteroatoms. The highest BCUT2D eigenvalue weighted by molar-refractivity contribution is 6.18. The van der Waals surface area contributed by atoms with Crippen LogP contribution in [0.25, 0.3) is 10.9 Å². The van der Waals surface area contributed by atoms with Gasteiger partial charge >= 0.3 is 7.69 Å². The zero-order valence-electron chi connectivity index (χ0n) is 7.27. The molecule has 0 amide bonds. The quantitative estimate of drug-likeness (QED) is 0.665.